The van der Waals surface area contributed by atoms with Crippen molar-refractivity contribution >= 4 is 17.4 Å². The highest BCUT2D eigenvalue weighted by Gasteiger charge is 2.11. The van der Waals surface area contributed by atoms with Crippen molar-refractivity contribution in [1.82, 2.24) is 0 Å². The minimum atomic E-state index is 0.768. The molecule has 2 aromatic rings. The standard InChI is InChI=1S/C16H17NOS/c1-18-13-6-8-16(15(17)10-13)19-14-7-5-11-3-2-4-12(11)9-14/h5-10H,2-4,17H2,1H3. The first-order valence-corrected chi connectivity index (χ1v) is 7.31. The number of ether oxygens (including phenoxy) is 1. The fourth-order valence-electron chi connectivity index (χ4n) is 2.49. The lowest BCUT2D eigenvalue weighted by atomic mass is 10.1. The van der Waals surface area contributed by atoms with Gasteiger partial charge in [-0.05, 0) is 54.7 Å². The monoisotopic (exact) mass is 271 g/mol. The first-order valence-electron chi connectivity index (χ1n) is 6.49. The lowest BCUT2D eigenvalue weighted by molar-refractivity contribution is 0.415. The van der Waals surface area contributed by atoms with Gasteiger partial charge in [-0.25, -0.2) is 0 Å². The Morgan fingerprint density at radius 3 is 2.68 bits per heavy atom. The molecule has 0 heterocycles. The van der Waals surface area contributed by atoms with Crippen LogP contribution in [0.25, 0.3) is 0 Å². The molecule has 0 aliphatic heterocycles. The van der Waals surface area contributed by atoms with E-state index in [1.54, 1.807) is 18.9 Å². The Kier molecular flexibility index (Phi) is 3.38. The van der Waals surface area contributed by atoms with Gasteiger partial charge < -0.3 is 10.5 Å². The SMILES string of the molecule is COc1ccc(Sc2ccc3c(c2)CCC3)c(N)c1. The molecule has 19 heavy (non-hydrogen) atoms. The lowest BCUT2D eigenvalue weighted by Crippen LogP contribution is -1.91. The fourth-order valence-corrected chi connectivity index (χ4v) is 3.39. The van der Waals surface area contributed by atoms with Crippen molar-refractivity contribution in [2.75, 3.05) is 12.8 Å². The highest BCUT2D eigenvalue weighted by atomic mass is 32.2. The number of benzene rings is 2. The summed E-state index contributed by atoms with van der Waals surface area (Å²) in [5.74, 6) is 0.802. The Morgan fingerprint density at radius 2 is 1.89 bits per heavy atom. The minimum absolute atomic E-state index is 0.768. The molecule has 2 N–H and O–H groups in total. The number of nitrogen functional groups attached to an aromatic ring is 1. The normalized spacial score (nSPS) is 13.3. The van der Waals surface area contributed by atoms with E-state index in [2.05, 4.69) is 18.2 Å². The molecule has 0 unspecified atom stereocenters. The van der Waals surface area contributed by atoms with Crippen LogP contribution in [0.2, 0.25) is 0 Å². The van der Waals surface area contributed by atoms with Crippen LogP contribution in [0, 0.1) is 0 Å². The molecule has 1 aliphatic rings. The highest BCUT2D eigenvalue weighted by Crippen LogP contribution is 2.36. The van der Waals surface area contributed by atoms with Crippen molar-refractivity contribution in [3.63, 3.8) is 0 Å². The van der Waals surface area contributed by atoms with Crippen molar-refractivity contribution in [3.05, 3.63) is 47.5 Å². The number of nitrogens with two attached hydrogens (primary N) is 1. The first-order chi connectivity index (χ1) is 9.26. The Labute approximate surface area is 118 Å². The minimum Gasteiger partial charge on any atom is -0.497 e. The van der Waals surface area contributed by atoms with Gasteiger partial charge in [0.2, 0.25) is 0 Å². The van der Waals surface area contributed by atoms with Crippen molar-refractivity contribution < 1.29 is 4.74 Å². The second kappa shape index (κ2) is 5.17. The van der Waals surface area contributed by atoms with Crippen LogP contribution in [0.3, 0.4) is 0 Å². The smallest absolute Gasteiger partial charge is 0.120 e. The Hall–Kier alpha value is -1.61. The first kappa shape index (κ1) is 12.4. The molecule has 0 amide bonds. The summed E-state index contributed by atoms with van der Waals surface area (Å²) in [6.07, 6.45) is 3.72. The summed E-state index contributed by atoms with van der Waals surface area (Å²) >= 11 is 1.72. The maximum absolute atomic E-state index is 6.06. The van der Waals surface area contributed by atoms with Crippen LogP contribution in [-0.2, 0) is 12.8 Å². The van der Waals surface area contributed by atoms with Crippen LogP contribution in [0.5, 0.6) is 5.75 Å². The predicted octanol–water partition coefficient (Wildman–Crippen LogP) is 3.92. The van der Waals surface area contributed by atoms with Crippen LogP contribution < -0.4 is 10.5 Å². The molecule has 0 atom stereocenters. The average molecular weight is 271 g/mol. The van der Waals surface area contributed by atoms with Crippen LogP contribution in [0.4, 0.5) is 5.69 Å². The van der Waals surface area contributed by atoms with Gasteiger partial charge in [0.1, 0.15) is 5.75 Å². The average Bonchev–Trinajstić information content (AvgIpc) is 2.88. The molecule has 98 valence electrons. The van der Waals surface area contributed by atoms with Gasteiger partial charge in [-0.3, -0.25) is 0 Å². The van der Waals surface area contributed by atoms with Crippen LogP contribution in [-0.4, -0.2) is 7.11 Å². The van der Waals surface area contributed by atoms with Crippen LogP contribution in [0.1, 0.15) is 17.5 Å². The molecule has 1 aliphatic carbocycles. The predicted molar refractivity (Wildman–Crippen MR) is 80.0 cm³/mol. The summed E-state index contributed by atoms with van der Waals surface area (Å²) in [6.45, 7) is 0. The van der Waals surface area contributed by atoms with Gasteiger partial charge in [0.15, 0.2) is 0 Å². The number of methoxy groups -OCH3 is 1. The molecule has 0 saturated carbocycles. The molecule has 0 bridgehead atoms. The number of anilines is 1. The van der Waals surface area contributed by atoms with Gasteiger partial charge >= 0.3 is 0 Å². The van der Waals surface area contributed by atoms with E-state index in [0.29, 0.717) is 0 Å². The van der Waals surface area contributed by atoms with Gasteiger partial charge in [-0.1, -0.05) is 17.8 Å². The van der Waals surface area contributed by atoms with E-state index in [1.807, 2.05) is 18.2 Å². The van der Waals surface area contributed by atoms with E-state index in [1.165, 1.54) is 35.3 Å². The van der Waals surface area contributed by atoms with Crippen LogP contribution >= 0.6 is 11.8 Å². The molecule has 0 radical (unpaired) electrons. The summed E-state index contributed by atoms with van der Waals surface area (Å²) in [6, 6.07) is 12.6. The zero-order valence-corrected chi connectivity index (χ0v) is 11.8. The lowest BCUT2D eigenvalue weighted by Gasteiger charge is -2.08. The second-order valence-corrected chi connectivity index (χ2v) is 5.91. The van der Waals surface area contributed by atoms with Gasteiger partial charge in [0.25, 0.3) is 0 Å². The number of aryl methyl sites for hydroxylation is 2. The quantitative estimate of drug-likeness (QED) is 0.859. The molecule has 0 saturated heterocycles. The number of hydrogen-bond acceptors (Lipinski definition) is 3. The van der Waals surface area contributed by atoms with Gasteiger partial charge in [0.05, 0.1) is 7.11 Å². The van der Waals surface area contributed by atoms with E-state index in [0.717, 1.165) is 16.3 Å². The summed E-state index contributed by atoms with van der Waals surface area (Å²) in [7, 11) is 1.65. The topological polar surface area (TPSA) is 35.2 Å². The zero-order chi connectivity index (χ0) is 13.2. The Balaban J connectivity index is 1.85. The van der Waals surface area contributed by atoms with Crippen molar-refractivity contribution in [2.45, 2.75) is 29.1 Å². The van der Waals surface area contributed by atoms with Crippen molar-refractivity contribution in [3.8, 4) is 5.75 Å². The van der Waals surface area contributed by atoms with Gasteiger partial charge in [-0.2, -0.15) is 0 Å². The van der Waals surface area contributed by atoms with Crippen molar-refractivity contribution in [1.29, 1.82) is 0 Å². The third kappa shape index (κ3) is 2.56. The largest absolute Gasteiger partial charge is 0.497 e. The summed E-state index contributed by atoms with van der Waals surface area (Å²) in [5.41, 5.74) is 9.83. The highest BCUT2D eigenvalue weighted by molar-refractivity contribution is 7.99. The molecular formula is C16H17NOS. The maximum Gasteiger partial charge on any atom is 0.120 e. The Bertz CT molecular complexity index is 610. The molecule has 2 aromatic carbocycles. The Morgan fingerprint density at radius 1 is 1.05 bits per heavy atom. The van der Waals surface area contributed by atoms with Gasteiger partial charge in [-0.15, -0.1) is 0 Å². The number of rotatable bonds is 3. The third-order valence-corrected chi connectivity index (χ3v) is 4.60. The van der Waals surface area contributed by atoms with Gasteiger partial charge in [0, 0.05) is 21.5 Å². The molecule has 3 heteroatoms. The molecular weight excluding hydrogens is 254 g/mol. The summed E-state index contributed by atoms with van der Waals surface area (Å²) in [5, 5.41) is 0. The van der Waals surface area contributed by atoms with E-state index < -0.39 is 0 Å². The molecule has 0 fully saturated rings. The fraction of sp³-hybridized carbons (Fsp3) is 0.250. The second-order valence-electron chi connectivity index (χ2n) is 4.79. The third-order valence-electron chi connectivity index (χ3n) is 3.51. The molecule has 2 nitrogen and oxygen atoms in total. The summed E-state index contributed by atoms with van der Waals surface area (Å²) in [4.78, 5) is 2.34. The molecule has 0 aromatic heterocycles. The van der Waals surface area contributed by atoms with E-state index in [9.17, 15) is 0 Å². The maximum atomic E-state index is 6.06. The van der Waals surface area contributed by atoms with E-state index >= 15 is 0 Å². The molecule has 3 rings (SSSR count). The molecule has 0 spiro atoms. The van der Waals surface area contributed by atoms with Crippen molar-refractivity contribution in [2.24, 2.45) is 0 Å². The zero-order valence-electron chi connectivity index (χ0n) is 11.0. The number of fused-ring (bicyclic) bond motifs is 1. The number of hydrogen-bond donors (Lipinski definition) is 1. The summed E-state index contributed by atoms with van der Waals surface area (Å²) < 4.78 is 5.17. The van der Waals surface area contributed by atoms with Crippen LogP contribution in [0.15, 0.2) is 46.2 Å². The van der Waals surface area contributed by atoms with E-state index in [4.69, 9.17) is 10.5 Å². The van der Waals surface area contributed by atoms with E-state index in [-0.39, 0.29) is 0 Å².